The number of hydrogen-bond donors (Lipinski definition) is 1. The maximum absolute atomic E-state index is 12.3. The van der Waals surface area contributed by atoms with Gasteiger partial charge in [0.15, 0.2) is 0 Å². The molecule has 118 valence electrons. The third-order valence-corrected chi connectivity index (χ3v) is 5.39. The predicted octanol–water partition coefficient (Wildman–Crippen LogP) is 2.45. The topological polar surface area (TPSA) is 55.4 Å². The Labute approximate surface area is 131 Å². The van der Waals surface area contributed by atoms with Gasteiger partial charge in [0.2, 0.25) is 5.91 Å². The minimum atomic E-state index is -0.970. The molecule has 1 amide bonds. The van der Waals surface area contributed by atoms with E-state index in [2.05, 4.69) is 17.5 Å². The highest BCUT2D eigenvalue weighted by Crippen LogP contribution is 2.44. The lowest BCUT2D eigenvalue weighted by molar-refractivity contribution is -0.131. The molecule has 0 spiro atoms. The van der Waals surface area contributed by atoms with Gasteiger partial charge in [-0.2, -0.15) is 0 Å². The number of rotatable bonds is 6. The Morgan fingerprint density at radius 1 is 1.57 bits per heavy atom. The molecule has 0 aromatic heterocycles. The lowest BCUT2D eigenvalue weighted by atomic mass is 9.71. The molecule has 1 saturated heterocycles. The summed E-state index contributed by atoms with van der Waals surface area (Å²) in [5.74, 6) is 0.146. The van der Waals surface area contributed by atoms with E-state index in [4.69, 9.17) is 16.3 Å². The van der Waals surface area contributed by atoms with Crippen LogP contribution in [-0.2, 0) is 14.3 Å². The van der Waals surface area contributed by atoms with Gasteiger partial charge in [-0.3, -0.25) is 4.79 Å². The zero-order chi connectivity index (χ0) is 15.5. The van der Waals surface area contributed by atoms with E-state index in [1.54, 1.807) is 7.11 Å². The van der Waals surface area contributed by atoms with Gasteiger partial charge in [-0.05, 0) is 44.9 Å². The van der Waals surface area contributed by atoms with Crippen LogP contribution >= 0.6 is 11.6 Å². The number of nitrogens with one attached hydrogen (secondary N) is 1. The van der Waals surface area contributed by atoms with Crippen molar-refractivity contribution in [2.24, 2.45) is 11.8 Å². The number of hydrogen-bond acceptors (Lipinski definition) is 3. The average molecular weight is 314 g/mol. The Balaban J connectivity index is 2.31. The second kappa shape index (κ2) is 6.49. The van der Waals surface area contributed by atoms with Crippen LogP contribution in [0.15, 0.2) is 12.2 Å². The molecule has 0 aromatic carbocycles. The molecule has 0 saturated carbocycles. The Bertz CT molecular complexity index is 439. The van der Waals surface area contributed by atoms with Crippen LogP contribution in [0.2, 0.25) is 0 Å². The Morgan fingerprint density at radius 3 is 2.86 bits per heavy atom. The van der Waals surface area contributed by atoms with Crippen molar-refractivity contribution in [1.82, 2.24) is 5.32 Å². The Hall–Kier alpha value is -0.870. The third kappa shape index (κ3) is 2.76. The molecule has 2 rings (SSSR count). The molecule has 1 unspecified atom stereocenters. The van der Waals surface area contributed by atoms with Crippen LogP contribution in [0.4, 0.5) is 0 Å². The summed E-state index contributed by atoms with van der Waals surface area (Å²) in [5, 5.41) is 2.92. The summed E-state index contributed by atoms with van der Waals surface area (Å²) < 4.78 is 5.69. The van der Waals surface area contributed by atoms with Gasteiger partial charge in [-0.15, -0.1) is 11.6 Å². The smallest absolute Gasteiger partial charge is 0.227 e. The summed E-state index contributed by atoms with van der Waals surface area (Å²) in [6.45, 7) is 1.85. The minimum absolute atomic E-state index is 0.133. The van der Waals surface area contributed by atoms with Gasteiger partial charge >= 0.3 is 0 Å². The van der Waals surface area contributed by atoms with Gasteiger partial charge in [-0.25, -0.2) is 0 Å². The molecule has 1 fully saturated rings. The summed E-state index contributed by atoms with van der Waals surface area (Å²) in [6, 6.07) is 0. The third-order valence-electron chi connectivity index (χ3n) is 5.17. The molecule has 1 heterocycles. The number of carbonyl (C=O) groups excluding carboxylic acids is 2. The SMILES string of the molecule is CO[C@]1(C)[C@H](CCCl)C(=O)N[C@@]1(C=O)CC1C=CCCC1. The van der Waals surface area contributed by atoms with Crippen LogP contribution in [-0.4, -0.2) is 36.3 Å². The van der Waals surface area contributed by atoms with E-state index in [1.807, 2.05) is 6.92 Å². The zero-order valence-electron chi connectivity index (χ0n) is 12.7. The lowest BCUT2D eigenvalue weighted by Gasteiger charge is -2.41. The molecule has 0 bridgehead atoms. The van der Waals surface area contributed by atoms with Crippen molar-refractivity contribution in [3.63, 3.8) is 0 Å². The summed E-state index contributed by atoms with van der Waals surface area (Å²) in [4.78, 5) is 24.2. The highest BCUT2D eigenvalue weighted by molar-refractivity contribution is 6.18. The average Bonchev–Trinajstić information content (AvgIpc) is 2.71. The van der Waals surface area contributed by atoms with Crippen LogP contribution in [0, 0.1) is 11.8 Å². The van der Waals surface area contributed by atoms with Gasteiger partial charge in [-0.1, -0.05) is 12.2 Å². The quantitative estimate of drug-likeness (QED) is 0.465. The van der Waals surface area contributed by atoms with E-state index in [-0.39, 0.29) is 5.91 Å². The highest BCUT2D eigenvalue weighted by Gasteiger charge is 2.62. The van der Waals surface area contributed by atoms with E-state index in [9.17, 15) is 9.59 Å². The number of halogens is 1. The minimum Gasteiger partial charge on any atom is -0.375 e. The molecule has 4 nitrogen and oxygen atoms in total. The van der Waals surface area contributed by atoms with E-state index < -0.39 is 17.1 Å². The van der Waals surface area contributed by atoms with Crippen LogP contribution < -0.4 is 5.32 Å². The van der Waals surface area contributed by atoms with Crippen molar-refractivity contribution in [3.8, 4) is 0 Å². The van der Waals surface area contributed by atoms with Crippen LogP contribution in [0.3, 0.4) is 0 Å². The first-order chi connectivity index (χ1) is 10.0. The fourth-order valence-electron chi connectivity index (χ4n) is 3.75. The van der Waals surface area contributed by atoms with Crippen molar-refractivity contribution in [3.05, 3.63) is 12.2 Å². The monoisotopic (exact) mass is 313 g/mol. The van der Waals surface area contributed by atoms with Crippen molar-refractivity contribution in [2.75, 3.05) is 13.0 Å². The zero-order valence-corrected chi connectivity index (χ0v) is 13.5. The summed E-state index contributed by atoms with van der Waals surface area (Å²) in [5.41, 5.74) is -1.83. The first-order valence-corrected chi connectivity index (χ1v) is 8.12. The number of ether oxygens (including phenoxy) is 1. The second-order valence-electron chi connectivity index (χ2n) is 6.24. The molecule has 1 N–H and O–H groups in total. The highest BCUT2D eigenvalue weighted by atomic mass is 35.5. The molecule has 1 aliphatic heterocycles. The molecule has 2 aliphatic rings. The molecule has 4 atom stereocenters. The number of allylic oxidation sites excluding steroid dienone is 2. The Morgan fingerprint density at radius 2 is 2.33 bits per heavy atom. The van der Waals surface area contributed by atoms with Crippen molar-refractivity contribution in [2.45, 2.75) is 50.2 Å². The van der Waals surface area contributed by atoms with Gasteiger partial charge in [0, 0.05) is 13.0 Å². The molecular weight excluding hydrogens is 290 g/mol. The lowest BCUT2D eigenvalue weighted by Crippen LogP contribution is -2.60. The number of aldehydes is 1. The number of alkyl halides is 1. The maximum Gasteiger partial charge on any atom is 0.227 e. The first kappa shape index (κ1) is 16.5. The normalized spacial score (nSPS) is 39.3. The van der Waals surface area contributed by atoms with Crippen molar-refractivity contribution >= 4 is 23.8 Å². The molecule has 21 heavy (non-hydrogen) atoms. The summed E-state index contributed by atoms with van der Waals surface area (Å²) in [7, 11) is 1.57. The van der Waals surface area contributed by atoms with E-state index in [0.717, 1.165) is 25.5 Å². The van der Waals surface area contributed by atoms with Crippen LogP contribution in [0.25, 0.3) is 0 Å². The second-order valence-corrected chi connectivity index (χ2v) is 6.62. The fraction of sp³-hybridized carbons (Fsp3) is 0.750. The fourth-order valence-corrected chi connectivity index (χ4v) is 3.97. The van der Waals surface area contributed by atoms with E-state index in [0.29, 0.717) is 24.6 Å². The molecule has 5 heteroatoms. The standard InChI is InChI=1S/C16H24ClNO3/c1-15(21-2)13(8-9-17)14(20)18-16(15,11-19)10-12-6-4-3-5-7-12/h4,6,11-13H,3,5,7-10H2,1-2H3,(H,18,20)/t12?,13-,15-,16-/m1/s1. The number of amides is 1. The molecule has 0 aromatic rings. The summed E-state index contributed by atoms with van der Waals surface area (Å²) in [6.07, 6.45) is 9.53. The predicted molar refractivity (Wildman–Crippen MR) is 82.3 cm³/mol. The largest absolute Gasteiger partial charge is 0.375 e. The molecule has 1 aliphatic carbocycles. The maximum atomic E-state index is 12.3. The van der Waals surface area contributed by atoms with E-state index in [1.165, 1.54) is 0 Å². The van der Waals surface area contributed by atoms with Crippen molar-refractivity contribution in [1.29, 1.82) is 0 Å². The first-order valence-electron chi connectivity index (χ1n) is 7.59. The van der Waals surface area contributed by atoms with Gasteiger partial charge < -0.3 is 14.8 Å². The summed E-state index contributed by atoms with van der Waals surface area (Å²) >= 11 is 5.82. The number of carbonyl (C=O) groups is 2. The van der Waals surface area contributed by atoms with Gasteiger partial charge in [0.05, 0.1) is 5.92 Å². The molecule has 0 radical (unpaired) electrons. The Kier molecular flexibility index (Phi) is 5.10. The van der Waals surface area contributed by atoms with Gasteiger partial charge in [0.1, 0.15) is 17.4 Å². The van der Waals surface area contributed by atoms with Crippen LogP contribution in [0.1, 0.15) is 39.0 Å². The van der Waals surface area contributed by atoms with E-state index >= 15 is 0 Å². The van der Waals surface area contributed by atoms with Crippen molar-refractivity contribution < 1.29 is 14.3 Å². The van der Waals surface area contributed by atoms with Gasteiger partial charge in [0.25, 0.3) is 0 Å². The van der Waals surface area contributed by atoms with Crippen LogP contribution in [0.5, 0.6) is 0 Å². The molecular formula is C16H24ClNO3. The number of methoxy groups -OCH3 is 1.